The van der Waals surface area contributed by atoms with Crippen LogP contribution in [-0.2, 0) is 19.4 Å². The van der Waals surface area contributed by atoms with E-state index in [1.807, 2.05) is 18.2 Å². The van der Waals surface area contributed by atoms with Gasteiger partial charge in [-0.1, -0.05) is 18.1 Å². The Bertz CT molecular complexity index is 569. The third-order valence-electron chi connectivity index (χ3n) is 2.99. The van der Waals surface area contributed by atoms with Gasteiger partial charge in [0.1, 0.15) is 0 Å². The quantitative estimate of drug-likeness (QED) is 0.802. The van der Waals surface area contributed by atoms with Crippen LogP contribution in [0.15, 0.2) is 22.7 Å². The molecule has 1 aromatic heterocycles. The largest absolute Gasteiger partial charge is 0.493 e. The van der Waals surface area contributed by atoms with Gasteiger partial charge in [0.2, 0.25) is 11.7 Å². The molecule has 0 aliphatic heterocycles. The Hall–Kier alpha value is -2.08. The summed E-state index contributed by atoms with van der Waals surface area (Å²) < 4.78 is 16.1. The number of aromatic nitrogens is 2. The highest BCUT2D eigenvalue weighted by Gasteiger charge is 2.09. The van der Waals surface area contributed by atoms with Gasteiger partial charge in [-0.05, 0) is 37.1 Å². The van der Waals surface area contributed by atoms with Crippen molar-refractivity contribution in [3.63, 3.8) is 0 Å². The molecule has 0 bridgehead atoms. The predicted octanol–water partition coefficient (Wildman–Crippen LogP) is 2.11. The van der Waals surface area contributed by atoms with Crippen molar-refractivity contribution in [1.82, 2.24) is 10.1 Å². The molecule has 0 amide bonds. The average molecular weight is 291 g/mol. The van der Waals surface area contributed by atoms with E-state index in [4.69, 9.17) is 19.7 Å². The SMILES string of the molecule is CCCc1nc(COc2ccc(CCN)cc2OC)no1. The Morgan fingerprint density at radius 2 is 2.10 bits per heavy atom. The van der Waals surface area contributed by atoms with Crippen LogP contribution in [0, 0.1) is 0 Å². The van der Waals surface area contributed by atoms with Gasteiger partial charge in [0.25, 0.3) is 0 Å². The number of aryl methyl sites for hydroxylation is 1. The van der Waals surface area contributed by atoms with Crippen molar-refractivity contribution in [2.75, 3.05) is 13.7 Å². The van der Waals surface area contributed by atoms with E-state index in [0.717, 1.165) is 24.8 Å². The van der Waals surface area contributed by atoms with Gasteiger partial charge >= 0.3 is 0 Å². The first-order chi connectivity index (χ1) is 10.3. The maximum Gasteiger partial charge on any atom is 0.226 e. The Morgan fingerprint density at radius 1 is 1.24 bits per heavy atom. The summed E-state index contributed by atoms with van der Waals surface area (Å²) in [6.07, 6.45) is 2.56. The molecule has 0 fully saturated rings. The van der Waals surface area contributed by atoms with Crippen LogP contribution in [0.4, 0.5) is 0 Å². The molecular formula is C15H21N3O3. The van der Waals surface area contributed by atoms with Crippen molar-refractivity contribution >= 4 is 0 Å². The van der Waals surface area contributed by atoms with Gasteiger partial charge in [0, 0.05) is 6.42 Å². The first-order valence-corrected chi connectivity index (χ1v) is 7.08. The summed E-state index contributed by atoms with van der Waals surface area (Å²) in [5.41, 5.74) is 6.67. The highest BCUT2D eigenvalue weighted by molar-refractivity contribution is 5.43. The molecule has 0 aliphatic rings. The fourth-order valence-electron chi connectivity index (χ4n) is 1.96. The molecule has 0 unspecified atom stereocenters. The standard InChI is InChI=1S/C15H21N3O3/c1-3-4-15-17-14(18-21-15)10-20-12-6-5-11(7-8-16)9-13(12)19-2/h5-6,9H,3-4,7-8,10,16H2,1-2H3. The normalized spacial score (nSPS) is 10.6. The van der Waals surface area contributed by atoms with E-state index in [9.17, 15) is 0 Å². The van der Waals surface area contributed by atoms with Crippen molar-refractivity contribution in [2.45, 2.75) is 32.8 Å². The third kappa shape index (κ3) is 4.19. The molecule has 0 saturated carbocycles. The summed E-state index contributed by atoms with van der Waals surface area (Å²) in [5, 5.41) is 3.88. The third-order valence-corrected chi connectivity index (χ3v) is 2.99. The molecule has 0 atom stereocenters. The van der Waals surface area contributed by atoms with Gasteiger partial charge in [-0.2, -0.15) is 4.98 Å². The molecule has 21 heavy (non-hydrogen) atoms. The van der Waals surface area contributed by atoms with Gasteiger partial charge in [-0.15, -0.1) is 0 Å². The van der Waals surface area contributed by atoms with Crippen molar-refractivity contribution in [3.05, 3.63) is 35.5 Å². The van der Waals surface area contributed by atoms with Crippen molar-refractivity contribution in [1.29, 1.82) is 0 Å². The summed E-state index contributed by atoms with van der Waals surface area (Å²) in [6, 6.07) is 5.78. The maximum absolute atomic E-state index is 5.70. The molecule has 114 valence electrons. The number of nitrogens with zero attached hydrogens (tertiary/aromatic N) is 2. The monoisotopic (exact) mass is 291 g/mol. The number of hydrogen-bond acceptors (Lipinski definition) is 6. The molecule has 6 heteroatoms. The van der Waals surface area contributed by atoms with Crippen LogP contribution < -0.4 is 15.2 Å². The molecule has 1 heterocycles. The minimum absolute atomic E-state index is 0.250. The number of ether oxygens (including phenoxy) is 2. The molecule has 0 radical (unpaired) electrons. The van der Waals surface area contributed by atoms with Crippen LogP contribution in [0.2, 0.25) is 0 Å². The van der Waals surface area contributed by atoms with Crippen molar-refractivity contribution < 1.29 is 14.0 Å². The average Bonchev–Trinajstić information content (AvgIpc) is 2.94. The van der Waals surface area contributed by atoms with E-state index in [1.165, 1.54) is 0 Å². The summed E-state index contributed by atoms with van der Waals surface area (Å²) >= 11 is 0. The maximum atomic E-state index is 5.70. The molecular weight excluding hydrogens is 270 g/mol. The first kappa shape index (κ1) is 15.3. The number of benzene rings is 1. The van der Waals surface area contributed by atoms with Gasteiger partial charge < -0.3 is 19.7 Å². The lowest BCUT2D eigenvalue weighted by Crippen LogP contribution is -2.04. The summed E-state index contributed by atoms with van der Waals surface area (Å²) in [5.74, 6) is 2.51. The molecule has 0 spiro atoms. The van der Waals surface area contributed by atoms with Crippen LogP contribution in [0.3, 0.4) is 0 Å². The van der Waals surface area contributed by atoms with E-state index in [-0.39, 0.29) is 6.61 Å². The molecule has 2 N–H and O–H groups in total. The highest BCUT2D eigenvalue weighted by Crippen LogP contribution is 2.28. The second kappa shape index (κ2) is 7.64. The second-order valence-corrected chi connectivity index (χ2v) is 4.67. The smallest absolute Gasteiger partial charge is 0.226 e. The molecule has 0 saturated heterocycles. The van der Waals surface area contributed by atoms with Crippen molar-refractivity contribution in [3.8, 4) is 11.5 Å². The van der Waals surface area contributed by atoms with Gasteiger partial charge in [0.05, 0.1) is 7.11 Å². The summed E-state index contributed by atoms with van der Waals surface area (Å²) in [4.78, 5) is 4.26. The zero-order valence-corrected chi connectivity index (χ0v) is 12.5. The van der Waals surface area contributed by atoms with Crippen LogP contribution in [0.1, 0.15) is 30.6 Å². The minimum atomic E-state index is 0.250. The number of rotatable bonds is 8. The van der Waals surface area contributed by atoms with E-state index >= 15 is 0 Å². The topological polar surface area (TPSA) is 83.4 Å². The van der Waals surface area contributed by atoms with E-state index < -0.39 is 0 Å². The summed E-state index contributed by atoms with van der Waals surface area (Å²) in [7, 11) is 1.61. The second-order valence-electron chi connectivity index (χ2n) is 4.67. The van der Waals surface area contributed by atoms with Crippen LogP contribution in [0.5, 0.6) is 11.5 Å². The highest BCUT2D eigenvalue weighted by atomic mass is 16.5. The fourth-order valence-corrected chi connectivity index (χ4v) is 1.96. The van der Waals surface area contributed by atoms with Gasteiger partial charge in [0.15, 0.2) is 18.1 Å². The number of hydrogen-bond donors (Lipinski definition) is 1. The lowest BCUT2D eigenvalue weighted by molar-refractivity contribution is 0.269. The molecule has 2 aromatic rings. The van der Waals surface area contributed by atoms with E-state index in [1.54, 1.807) is 7.11 Å². The number of methoxy groups -OCH3 is 1. The predicted molar refractivity (Wildman–Crippen MR) is 78.4 cm³/mol. The Balaban J connectivity index is 2.01. The number of nitrogens with two attached hydrogens (primary N) is 1. The zero-order chi connectivity index (χ0) is 15.1. The molecule has 1 aromatic carbocycles. The van der Waals surface area contributed by atoms with Gasteiger partial charge in [-0.25, -0.2) is 0 Å². The van der Waals surface area contributed by atoms with Crippen LogP contribution in [-0.4, -0.2) is 23.8 Å². The minimum Gasteiger partial charge on any atom is -0.493 e. The van der Waals surface area contributed by atoms with Crippen LogP contribution in [0.25, 0.3) is 0 Å². The summed E-state index contributed by atoms with van der Waals surface area (Å²) in [6.45, 7) is 2.92. The molecule has 0 aliphatic carbocycles. The van der Waals surface area contributed by atoms with Gasteiger partial charge in [-0.3, -0.25) is 0 Å². The first-order valence-electron chi connectivity index (χ1n) is 7.08. The lowest BCUT2D eigenvalue weighted by atomic mass is 10.1. The fraction of sp³-hybridized carbons (Fsp3) is 0.467. The van der Waals surface area contributed by atoms with Crippen LogP contribution >= 0.6 is 0 Å². The molecule has 6 nitrogen and oxygen atoms in total. The Labute approximate surface area is 124 Å². The zero-order valence-electron chi connectivity index (χ0n) is 12.5. The van der Waals surface area contributed by atoms with Crippen molar-refractivity contribution in [2.24, 2.45) is 5.73 Å². The van der Waals surface area contributed by atoms with E-state index in [2.05, 4.69) is 17.1 Å². The van der Waals surface area contributed by atoms with E-state index in [0.29, 0.717) is 29.8 Å². The Kier molecular flexibility index (Phi) is 5.57. The lowest BCUT2D eigenvalue weighted by Gasteiger charge is -2.10. The molecule has 2 rings (SSSR count). The Morgan fingerprint density at radius 3 is 2.81 bits per heavy atom.